The first kappa shape index (κ1) is 63.6. The molecule has 0 aliphatic heterocycles. The van der Waals surface area contributed by atoms with Crippen molar-refractivity contribution in [1.82, 2.24) is 0 Å². The standard InChI is InChI=1S/C61H104O6/c1-4-7-10-13-16-19-22-24-26-28-29-30-31-33-34-36-39-42-45-48-51-54-60(63)66-57-58(56-65-59(62)53-50-47-44-41-38-21-18-15-12-9-6-3)67-61(64)55-52-49-46-43-40-37-35-32-27-25-23-20-17-14-11-8-5-2/h7,10,16,19,24-27,29-30,33-34,39,42,58H,4-6,8-9,11-15,17-18,20-23,28,31-32,35-38,40-41,43-57H2,1-3H3/b10-7-,19-16-,26-24-,27-25-,30-29-,34-33-,42-39-. The number of hydrogen-bond acceptors (Lipinski definition) is 6. The summed E-state index contributed by atoms with van der Waals surface area (Å²) in [5.74, 6) is -0.936. The minimum atomic E-state index is -0.795. The molecule has 6 heteroatoms. The van der Waals surface area contributed by atoms with Gasteiger partial charge in [-0.1, -0.05) is 234 Å². The molecule has 0 amide bonds. The highest BCUT2D eigenvalue weighted by Gasteiger charge is 2.19. The van der Waals surface area contributed by atoms with Crippen LogP contribution in [0.1, 0.15) is 265 Å². The van der Waals surface area contributed by atoms with Crippen molar-refractivity contribution in [3.63, 3.8) is 0 Å². The maximum absolute atomic E-state index is 12.8. The number of unbranched alkanes of at least 4 members (excludes halogenated alkanes) is 25. The smallest absolute Gasteiger partial charge is 0.306 e. The highest BCUT2D eigenvalue weighted by atomic mass is 16.6. The Labute approximate surface area is 414 Å². The second-order valence-corrected chi connectivity index (χ2v) is 18.5. The Morgan fingerprint density at radius 2 is 0.582 bits per heavy atom. The van der Waals surface area contributed by atoms with E-state index in [1.807, 2.05) is 0 Å². The predicted molar refractivity (Wildman–Crippen MR) is 288 cm³/mol. The zero-order chi connectivity index (χ0) is 48.6. The van der Waals surface area contributed by atoms with Crippen molar-refractivity contribution < 1.29 is 28.6 Å². The Kier molecular flexibility index (Phi) is 52.4. The third-order valence-electron chi connectivity index (χ3n) is 11.9. The lowest BCUT2D eigenvalue weighted by molar-refractivity contribution is -0.167. The van der Waals surface area contributed by atoms with Crippen LogP contribution in [0.25, 0.3) is 0 Å². The second kappa shape index (κ2) is 55.2. The molecule has 0 spiro atoms. The minimum Gasteiger partial charge on any atom is -0.462 e. The number of carbonyl (C=O) groups is 3. The van der Waals surface area contributed by atoms with Gasteiger partial charge < -0.3 is 14.2 Å². The second-order valence-electron chi connectivity index (χ2n) is 18.5. The van der Waals surface area contributed by atoms with Gasteiger partial charge in [0.2, 0.25) is 0 Å². The van der Waals surface area contributed by atoms with Gasteiger partial charge in [-0.05, 0) is 96.3 Å². The summed E-state index contributed by atoms with van der Waals surface area (Å²) in [4.78, 5) is 38.1. The van der Waals surface area contributed by atoms with Gasteiger partial charge in [-0.3, -0.25) is 14.4 Å². The fourth-order valence-corrected chi connectivity index (χ4v) is 7.68. The van der Waals surface area contributed by atoms with Gasteiger partial charge in [0.15, 0.2) is 6.10 Å². The Morgan fingerprint density at radius 1 is 0.313 bits per heavy atom. The first-order valence-corrected chi connectivity index (χ1v) is 28.1. The molecule has 1 atom stereocenters. The van der Waals surface area contributed by atoms with E-state index in [1.165, 1.54) is 128 Å². The molecular formula is C61H104O6. The van der Waals surface area contributed by atoms with E-state index in [-0.39, 0.29) is 31.1 Å². The molecule has 0 aromatic carbocycles. The summed E-state index contributed by atoms with van der Waals surface area (Å²) in [7, 11) is 0. The molecule has 0 fully saturated rings. The maximum Gasteiger partial charge on any atom is 0.306 e. The Morgan fingerprint density at radius 3 is 0.955 bits per heavy atom. The average Bonchev–Trinajstić information content (AvgIpc) is 3.33. The van der Waals surface area contributed by atoms with Gasteiger partial charge in [0, 0.05) is 19.3 Å². The summed E-state index contributed by atoms with van der Waals surface area (Å²) in [6, 6.07) is 0. The van der Waals surface area contributed by atoms with Crippen LogP contribution < -0.4 is 0 Å². The zero-order valence-corrected chi connectivity index (χ0v) is 43.9. The lowest BCUT2D eigenvalue weighted by Gasteiger charge is -2.18. The normalized spacial score (nSPS) is 12.7. The summed E-state index contributed by atoms with van der Waals surface area (Å²) < 4.78 is 16.8. The number of hydrogen-bond donors (Lipinski definition) is 0. The quantitative estimate of drug-likeness (QED) is 0.0262. The van der Waals surface area contributed by atoms with Crippen LogP contribution >= 0.6 is 0 Å². The van der Waals surface area contributed by atoms with Gasteiger partial charge in [0.1, 0.15) is 13.2 Å². The summed E-state index contributed by atoms with van der Waals surface area (Å²) in [5, 5.41) is 0. The first-order chi connectivity index (χ1) is 33.0. The average molecular weight is 933 g/mol. The molecule has 0 aliphatic carbocycles. The molecule has 0 bridgehead atoms. The molecule has 0 rings (SSSR count). The van der Waals surface area contributed by atoms with E-state index >= 15 is 0 Å². The number of ether oxygens (including phenoxy) is 3. The summed E-state index contributed by atoms with van der Waals surface area (Å²) >= 11 is 0. The minimum absolute atomic E-state index is 0.0905. The molecule has 0 saturated heterocycles. The fourth-order valence-electron chi connectivity index (χ4n) is 7.68. The molecule has 0 radical (unpaired) electrons. The molecule has 6 nitrogen and oxygen atoms in total. The van der Waals surface area contributed by atoms with E-state index in [4.69, 9.17) is 14.2 Å². The molecule has 0 aromatic rings. The Hall–Kier alpha value is -3.41. The Balaban J connectivity index is 4.43. The van der Waals surface area contributed by atoms with Crippen LogP contribution in [0.3, 0.4) is 0 Å². The molecule has 384 valence electrons. The van der Waals surface area contributed by atoms with E-state index in [1.54, 1.807) is 0 Å². The lowest BCUT2D eigenvalue weighted by atomic mass is 10.1. The third-order valence-corrected chi connectivity index (χ3v) is 11.9. The van der Waals surface area contributed by atoms with Crippen molar-refractivity contribution >= 4 is 17.9 Å². The van der Waals surface area contributed by atoms with E-state index in [0.29, 0.717) is 19.3 Å². The topological polar surface area (TPSA) is 78.9 Å². The molecule has 0 aliphatic rings. The summed E-state index contributed by atoms with van der Waals surface area (Å²) in [5.41, 5.74) is 0. The number of esters is 3. The van der Waals surface area contributed by atoms with Crippen molar-refractivity contribution in [3.8, 4) is 0 Å². The van der Waals surface area contributed by atoms with Crippen LogP contribution in [0, 0.1) is 0 Å². The van der Waals surface area contributed by atoms with Crippen molar-refractivity contribution in [2.75, 3.05) is 13.2 Å². The van der Waals surface area contributed by atoms with Crippen LogP contribution in [0.15, 0.2) is 85.1 Å². The highest BCUT2D eigenvalue weighted by Crippen LogP contribution is 2.15. The zero-order valence-electron chi connectivity index (χ0n) is 43.9. The SMILES string of the molecule is CC/C=C\C/C=C\C/C=C\C/C=C\C/C=C\C/C=C\CCCCC(=O)OCC(COC(=O)CCCCCCCCCCCCC)OC(=O)CCCCCCCCC/C=C\CCCCCCCC. The van der Waals surface area contributed by atoms with Gasteiger partial charge in [-0.2, -0.15) is 0 Å². The van der Waals surface area contributed by atoms with Gasteiger partial charge in [-0.15, -0.1) is 0 Å². The molecule has 0 saturated carbocycles. The van der Waals surface area contributed by atoms with Crippen LogP contribution in [-0.2, 0) is 28.6 Å². The number of carbonyl (C=O) groups excluding carboxylic acids is 3. The van der Waals surface area contributed by atoms with E-state index in [9.17, 15) is 14.4 Å². The third kappa shape index (κ3) is 53.4. The molecular weight excluding hydrogens is 829 g/mol. The van der Waals surface area contributed by atoms with Gasteiger partial charge in [0.25, 0.3) is 0 Å². The van der Waals surface area contributed by atoms with Gasteiger partial charge >= 0.3 is 17.9 Å². The maximum atomic E-state index is 12.8. The van der Waals surface area contributed by atoms with E-state index in [2.05, 4.69) is 106 Å². The predicted octanol–water partition coefficient (Wildman–Crippen LogP) is 18.8. The highest BCUT2D eigenvalue weighted by molar-refractivity contribution is 5.71. The van der Waals surface area contributed by atoms with Gasteiger partial charge in [-0.25, -0.2) is 0 Å². The van der Waals surface area contributed by atoms with Crippen molar-refractivity contribution in [2.45, 2.75) is 271 Å². The largest absolute Gasteiger partial charge is 0.462 e. The van der Waals surface area contributed by atoms with E-state index < -0.39 is 6.10 Å². The summed E-state index contributed by atoms with van der Waals surface area (Å²) in [6.45, 7) is 6.48. The van der Waals surface area contributed by atoms with Crippen LogP contribution in [0.4, 0.5) is 0 Å². The molecule has 1 unspecified atom stereocenters. The molecule has 67 heavy (non-hydrogen) atoms. The Bertz CT molecular complexity index is 1300. The van der Waals surface area contributed by atoms with Crippen LogP contribution in [0.5, 0.6) is 0 Å². The van der Waals surface area contributed by atoms with Gasteiger partial charge in [0.05, 0.1) is 0 Å². The first-order valence-electron chi connectivity index (χ1n) is 28.1. The molecule has 0 heterocycles. The fraction of sp³-hybridized carbons (Fsp3) is 0.721. The van der Waals surface area contributed by atoms with Crippen molar-refractivity contribution in [1.29, 1.82) is 0 Å². The molecule has 0 N–H and O–H groups in total. The van der Waals surface area contributed by atoms with E-state index in [0.717, 1.165) is 96.3 Å². The summed E-state index contributed by atoms with van der Waals surface area (Å²) in [6.07, 6.45) is 71.4. The van der Waals surface area contributed by atoms with Crippen molar-refractivity contribution in [3.05, 3.63) is 85.1 Å². The lowest BCUT2D eigenvalue weighted by Crippen LogP contribution is -2.30. The number of rotatable bonds is 50. The monoisotopic (exact) mass is 933 g/mol. The van der Waals surface area contributed by atoms with Crippen LogP contribution in [0.2, 0.25) is 0 Å². The van der Waals surface area contributed by atoms with Crippen LogP contribution in [-0.4, -0.2) is 37.2 Å². The number of allylic oxidation sites excluding steroid dienone is 14. The molecule has 0 aromatic heterocycles. The van der Waals surface area contributed by atoms with Crippen molar-refractivity contribution in [2.24, 2.45) is 0 Å².